The van der Waals surface area contributed by atoms with Crippen molar-refractivity contribution in [3.05, 3.63) is 77.1 Å². The van der Waals surface area contributed by atoms with Gasteiger partial charge in [0.2, 0.25) is 11.9 Å². The number of benzene rings is 2. The summed E-state index contributed by atoms with van der Waals surface area (Å²) in [6, 6.07) is 17.7. The average Bonchev–Trinajstić information content (AvgIpc) is 3.11. The maximum atomic E-state index is 12.4. The molecule has 1 aliphatic heterocycles. The zero-order valence-corrected chi connectivity index (χ0v) is 14.5. The summed E-state index contributed by atoms with van der Waals surface area (Å²) in [5.74, 6) is 0.533. The van der Waals surface area contributed by atoms with Gasteiger partial charge in [-0.2, -0.15) is 10.1 Å². The number of carbonyl (C=O) groups is 1. The monoisotopic (exact) mass is 352 g/mol. The van der Waals surface area contributed by atoms with Crippen LogP contribution in [0.4, 0.5) is 5.95 Å². The molecule has 25 heavy (non-hydrogen) atoms. The maximum Gasteiger partial charge on any atom is 0.231 e. The van der Waals surface area contributed by atoms with Gasteiger partial charge < -0.3 is 0 Å². The van der Waals surface area contributed by atoms with Crippen LogP contribution in [0, 0.1) is 0 Å². The highest BCUT2D eigenvalue weighted by atomic mass is 35.5. The van der Waals surface area contributed by atoms with Crippen molar-refractivity contribution in [2.45, 2.75) is 25.4 Å². The lowest BCUT2D eigenvalue weighted by Crippen LogP contribution is -2.41. The molecule has 2 atom stereocenters. The minimum absolute atomic E-state index is 0.00410. The van der Waals surface area contributed by atoms with E-state index in [4.69, 9.17) is 11.6 Å². The van der Waals surface area contributed by atoms with Crippen LogP contribution in [0.1, 0.15) is 36.6 Å². The van der Waals surface area contributed by atoms with Gasteiger partial charge in [0.1, 0.15) is 6.33 Å². The van der Waals surface area contributed by atoms with Crippen LogP contribution in [0.3, 0.4) is 0 Å². The molecule has 1 aliphatic rings. The third-order valence-electron chi connectivity index (χ3n) is 4.60. The van der Waals surface area contributed by atoms with Crippen molar-refractivity contribution in [1.82, 2.24) is 14.8 Å². The Morgan fingerprint density at radius 3 is 2.40 bits per heavy atom. The van der Waals surface area contributed by atoms with Crippen LogP contribution in [-0.2, 0) is 4.79 Å². The number of aromatic nitrogens is 3. The molecular formula is C19H17ClN4O. The van der Waals surface area contributed by atoms with E-state index in [2.05, 4.69) is 10.1 Å². The largest absolute Gasteiger partial charge is 0.275 e. The Bertz CT molecular complexity index is 891. The maximum absolute atomic E-state index is 12.4. The fraction of sp³-hybridized carbons (Fsp3) is 0.211. The van der Waals surface area contributed by atoms with Crippen LogP contribution in [0.15, 0.2) is 60.9 Å². The van der Waals surface area contributed by atoms with E-state index in [0.29, 0.717) is 11.0 Å². The van der Waals surface area contributed by atoms with Gasteiger partial charge in [-0.15, -0.1) is 0 Å². The van der Waals surface area contributed by atoms with Gasteiger partial charge in [-0.1, -0.05) is 54.1 Å². The van der Waals surface area contributed by atoms with E-state index in [1.54, 1.807) is 11.8 Å². The van der Waals surface area contributed by atoms with E-state index in [-0.39, 0.29) is 18.0 Å². The average molecular weight is 353 g/mol. The molecule has 2 aromatic carbocycles. The van der Waals surface area contributed by atoms with Crippen LogP contribution in [-0.4, -0.2) is 20.7 Å². The Kier molecular flexibility index (Phi) is 4.01. The SMILES string of the molecule is CC(=O)N1c2ncnn2[C@@H](c2ccc(Cl)cc2)C[C@H]1c1ccccc1. The van der Waals surface area contributed by atoms with Gasteiger partial charge in [-0.05, 0) is 29.7 Å². The summed E-state index contributed by atoms with van der Waals surface area (Å²) in [6.07, 6.45) is 2.23. The number of hydrogen-bond donors (Lipinski definition) is 0. The van der Waals surface area contributed by atoms with Gasteiger partial charge in [0.25, 0.3) is 0 Å². The van der Waals surface area contributed by atoms with Crippen LogP contribution >= 0.6 is 11.6 Å². The molecule has 0 saturated heterocycles. The second-order valence-corrected chi connectivity index (χ2v) is 6.56. The minimum Gasteiger partial charge on any atom is -0.275 e. The van der Waals surface area contributed by atoms with Crippen molar-refractivity contribution in [1.29, 1.82) is 0 Å². The molecule has 6 heteroatoms. The van der Waals surface area contributed by atoms with Gasteiger partial charge in [-0.3, -0.25) is 9.69 Å². The van der Waals surface area contributed by atoms with Crippen LogP contribution in [0.2, 0.25) is 5.02 Å². The predicted octanol–water partition coefficient (Wildman–Crippen LogP) is 4.02. The molecule has 2 heterocycles. The van der Waals surface area contributed by atoms with Gasteiger partial charge in [-0.25, -0.2) is 4.68 Å². The number of nitrogens with zero attached hydrogens (tertiary/aromatic N) is 4. The number of halogens is 1. The predicted molar refractivity (Wildman–Crippen MR) is 96.6 cm³/mol. The highest BCUT2D eigenvalue weighted by Gasteiger charge is 2.37. The van der Waals surface area contributed by atoms with Crippen molar-refractivity contribution < 1.29 is 4.79 Å². The molecule has 5 nitrogen and oxygen atoms in total. The van der Waals surface area contributed by atoms with E-state index in [9.17, 15) is 4.79 Å². The topological polar surface area (TPSA) is 51.0 Å². The second-order valence-electron chi connectivity index (χ2n) is 6.12. The van der Waals surface area contributed by atoms with E-state index in [1.807, 2.05) is 59.3 Å². The standard InChI is InChI=1S/C19H17ClN4O/c1-13(25)23-17(14-5-3-2-4-6-14)11-18(24-19(23)21-12-22-24)15-7-9-16(20)10-8-15/h2-10,12,17-18H,11H2,1H3/t17-,18+/m0/s1. The first kappa shape index (κ1) is 15.8. The highest BCUT2D eigenvalue weighted by molar-refractivity contribution is 6.30. The zero-order valence-electron chi connectivity index (χ0n) is 13.7. The highest BCUT2D eigenvalue weighted by Crippen LogP contribution is 2.41. The molecule has 0 aliphatic carbocycles. The molecule has 0 N–H and O–H groups in total. The summed E-state index contributed by atoms with van der Waals surface area (Å²) in [4.78, 5) is 18.4. The molecule has 126 valence electrons. The Labute approximate surface area is 150 Å². The molecule has 0 radical (unpaired) electrons. The summed E-state index contributed by atoms with van der Waals surface area (Å²) in [5.41, 5.74) is 2.19. The quantitative estimate of drug-likeness (QED) is 0.700. The van der Waals surface area contributed by atoms with Crippen molar-refractivity contribution in [3.8, 4) is 0 Å². The van der Waals surface area contributed by atoms with Gasteiger partial charge in [0, 0.05) is 11.9 Å². The van der Waals surface area contributed by atoms with Gasteiger partial charge in [0.15, 0.2) is 0 Å². The van der Waals surface area contributed by atoms with Crippen LogP contribution in [0.25, 0.3) is 0 Å². The third kappa shape index (κ3) is 2.81. The van der Waals surface area contributed by atoms with Crippen LogP contribution < -0.4 is 4.90 Å². The van der Waals surface area contributed by atoms with Gasteiger partial charge in [0.05, 0.1) is 12.1 Å². The first-order valence-corrected chi connectivity index (χ1v) is 8.52. The molecule has 0 fully saturated rings. The molecule has 3 aromatic rings. The summed E-state index contributed by atoms with van der Waals surface area (Å²) in [5, 5.41) is 5.07. The lowest BCUT2D eigenvalue weighted by Gasteiger charge is -2.38. The smallest absolute Gasteiger partial charge is 0.231 e. The Balaban J connectivity index is 1.83. The number of anilines is 1. The Morgan fingerprint density at radius 1 is 1.04 bits per heavy atom. The number of amides is 1. The van der Waals surface area contributed by atoms with Gasteiger partial charge >= 0.3 is 0 Å². The first-order chi connectivity index (χ1) is 12.1. The van der Waals surface area contributed by atoms with Crippen molar-refractivity contribution in [2.75, 3.05) is 4.90 Å². The van der Waals surface area contributed by atoms with E-state index >= 15 is 0 Å². The lowest BCUT2D eigenvalue weighted by atomic mass is 9.92. The van der Waals surface area contributed by atoms with E-state index < -0.39 is 0 Å². The lowest BCUT2D eigenvalue weighted by molar-refractivity contribution is -0.117. The normalized spacial score (nSPS) is 19.5. The third-order valence-corrected chi connectivity index (χ3v) is 4.85. The van der Waals surface area contributed by atoms with Crippen molar-refractivity contribution in [3.63, 3.8) is 0 Å². The molecule has 0 spiro atoms. The zero-order chi connectivity index (χ0) is 17.4. The fourth-order valence-electron chi connectivity index (χ4n) is 3.48. The molecular weight excluding hydrogens is 336 g/mol. The first-order valence-electron chi connectivity index (χ1n) is 8.15. The molecule has 1 amide bonds. The molecule has 4 rings (SSSR count). The molecule has 0 bridgehead atoms. The fourth-order valence-corrected chi connectivity index (χ4v) is 3.60. The number of fused-ring (bicyclic) bond motifs is 1. The number of carbonyl (C=O) groups excluding carboxylic acids is 1. The minimum atomic E-state index is -0.0870. The molecule has 0 unspecified atom stereocenters. The summed E-state index contributed by atoms with van der Waals surface area (Å²) in [7, 11) is 0. The molecule has 0 saturated carbocycles. The Hall–Kier alpha value is -2.66. The summed E-state index contributed by atoms with van der Waals surface area (Å²) < 4.78 is 1.82. The van der Waals surface area contributed by atoms with E-state index in [0.717, 1.165) is 17.5 Å². The summed E-state index contributed by atoms with van der Waals surface area (Å²) >= 11 is 6.03. The molecule has 1 aromatic heterocycles. The van der Waals surface area contributed by atoms with Crippen molar-refractivity contribution >= 4 is 23.5 Å². The van der Waals surface area contributed by atoms with Crippen molar-refractivity contribution in [2.24, 2.45) is 0 Å². The number of hydrogen-bond acceptors (Lipinski definition) is 3. The summed E-state index contributed by atoms with van der Waals surface area (Å²) in [6.45, 7) is 1.57. The Morgan fingerprint density at radius 2 is 1.72 bits per heavy atom. The number of rotatable bonds is 2. The second kappa shape index (κ2) is 6.33. The van der Waals surface area contributed by atoms with Crippen LogP contribution in [0.5, 0.6) is 0 Å². The van der Waals surface area contributed by atoms with E-state index in [1.165, 1.54) is 6.33 Å².